The number of aliphatic hydroxyl groups is 1. The Morgan fingerprint density at radius 2 is 1.83 bits per heavy atom. The van der Waals surface area contributed by atoms with E-state index in [-0.39, 0.29) is 12.6 Å². The molecule has 0 spiro atoms. The lowest BCUT2D eigenvalue weighted by Crippen LogP contribution is -2.40. The lowest BCUT2D eigenvalue weighted by molar-refractivity contribution is 0.0711. The fraction of sp³-hybridized carbons (Fsp3) is 0.526. The average molecular weight is 332 g/mol. The Balaban J connectivity index is 2.20. The number of nitrogens with zero attached hydrogens (tertiary/aromatic N) is 2. The summed E-state index contributed by atoms with van der Waals surface area (Å²) < 4.78 is 11.0. The molecule has 132 valence electrons. The second-order valence-electron chi connectivity index (χ2n) is 6.50. The van der Waals surface area contributed by atoms with Crippen LogP contribution in [0.25, 0.3) is 0 Å². The molecule has 1 atom stereocenters. The molecule has 0 fully saturated rings. The van der Waals surface area contributed by atoms with Crippen molar-refractivity contribution in [2.75, 3.05) is 13.7 Å². The second kappa shape index (κ2) is 8.31. The van der Waals surface area contributed by atoms with Crippen molar-refractivity contribution in [1.82, 2.24) is 9.88 Å². The summed E-state index contributed by atoms with van der Waals surface area (Å²) in [5, 5.41) is 9.85. The minimum absolute atomic E-state index is 0.0413. The van der Waals surface area contributed by atoms with E-state index < -0.39 is 0 Å². The summed E-state index contributed by atoms with van der Waals surface area (Å²) in [5.74, 6) is 2.70. The number of methoxy groups -OCH3 is 1. The molecular weight excluding hydrogens is 304 g/mol. The maximum atomic E-state index is 9.85. The third-order valence-corrected chi connectivity index (χ3v) is 4.38. The number of oxazole rings is 1. The molecule has 0 radical (unpaired) electrons. The normalized spacial score (nSPS) is 12.8. The lowest BCUT2D eigenvalue weighted by Gasteiger charge is -2.32. The van der Waals surface area contributed by atoms with E-state index in [4.69, 9.17) is 9.15 Å². The summed E-state index contributed by atoms with van der Waals surface area (Å²) in [4.78, 5) is 6.70. The predicted octanol–water partition coefficient (Wildman–Crippen LogP) is 3.32. The van der Waals surface area contributed by atoms with Gasteiger partial charge in [-0.05, 0) is 37.5 Å². The molecule has 24 heavy (non-hydrogen) atoms. The standard InChI is InChI=1S/C19H28N2O3/c1-13(2)18(12-22)21(11-19-20-14(3)15(4)24-19)10-16-6-8-17(23-5)9-7-16/h6-9,13,18,22H,10-12H2,1-5H3/t18-/m1/s1. The van der Waals surface area contributed by atoms with Gasteiger partial charge in [0, 0.05) is 12.6 Å². The Morgan fingerprint density at radius 1 is 1.17 bits per heavy atom. The van der Waals surface area contributed by atoms with Crippen molar-refractivity contribution in [2.45, 2.75) is 46.8 Å². The highest BCUT2D eigenvalue weighted by Gasteiger charge is 2.23. The number of rotatable bonds is 8. The molecular formula is C19H28N2O3. The number of hydrogen-bond acceptors (Lipinski definition) is 5. The van der Waals surface area contributed by atoms with Gasteiger partial charge in [0.25, 0.3) is 0 Å². The van der Waals surface area contributed by atoms with Crippen molar-refractivity contribution in [2.24, 2.45) is 5.92 Å². The van der Waals surface area contributed by atoms with Gasteiger partial charge in [0.15, 0.2) is 0 Å². The Kier molecular flexibility index (Phi) is 6.40. The highest BCUT2D eigenvalue weighted by Crippen LogP contribution is 2.20. The van der Waals surface area contributed by atoms with E-state index in [1.165, 1.54) is 0 Å². The molecule has 0 aliphatic carbocycles. The highest BCUT2D eigenvalue weighted by atomic mass is 16.5. The van der Waals surface area contributed by atoms with Crippen molar-refractivity contribution < 1.29 is 14.3 Å². The predicted molar refractivity (Wildman–Crippen MR) is 93.9 cm³/mol. The van der Waals surface area contributed by atoms with Gasteiger partial charge in [0.2, 0.25) is 5.89 Å². The molecule has 2 aromatic rings. The first-order valence-electron chi connectivity index (χ1n) is 8.35. The SMILES string of the molecule is COc1ccc(CN(Cc2nc(C)c(C)o2)[C@H](CO)C(C)C)cc1. The molecule has 1 N–H and O–H groups in total. The van der Waals surface area contributed by atoms with Crippen molar-refractivity contribution >= 4 is 0 Å². The smallest absolute Gasteiger partial charge is 0.208 e. The van der Waals surface area contributed by atoms with Crippen LogP contribution in [-0.4, -0.2) is 34.7 Å². The van der Waals surface area contributed by atoms with E-state index in [1.54, 1.807) is 7.11 Å². The molecule has 0 unspecified atom stereocenters. The highest BCUT2D eigenvalue weighted by molar-refractivity contribution is 5.27. The summed E-state index contributed by atoms with van der Waals surface area (Å²) in [5.41, 5.74) is 2.08. The van der Waals surface area contributed by atoms with Crippen molar-refractivity contribution in [3.05, 3.63) is 47.2 Å². The molecule has 0 aliphatic heterocycles. The monoisotopic (exact) mass is 332 g/mol. The quantitative estimate of drug-likeness (QED) is 0.803. The van der Waals surface area contributed by atoms with Crippen LogP contribution in [0.4, 0.5) is 0 Å². The fourth-order valence-corrected chi connectivity index (χ4v) is 2.78. The van der Waals surface area contributed by atoms with Crippen LogP contribution in [0.5, 0.6) is 5.75 Å². The Bertz CT molecular complexity index is 615. The minimum Gasteiger partial charge on any atom is -0.497 e. The van der Waals surface area contributed by atoms with Crippen LogP contribution in [0.1, 0.15) is 36.8 Å². The topological polar surface area (TPSA) is 58.7 Å². The minimum atomic E-state index is 0.0413. The van der Waals surface area contributed by atoms with E-state index in [0.717, 1.165) is 22.8 Å². The number of hydrogen-bond donors (Lipinski definition) is 1. The summed E-state index contributed by atoms with van der Waals surface area (Å²) in [7, 11) is 1.66. The van der Waals surface area contributed by atoms with Crippen LogP contribution in [0.15, 0.2) is 28.7 Å². The van der Waals surface area contributed by atoms with Gasteiger partial charge >= 0.3 is 0 Å². The molecule has 5 heteroatoms. The zero-order chi connectivity index (χ0) is 17.7. The van der Waals surface area contributed by atoms with Gasteiger partial charge in [-0.2, -0.15) is 0 Å². The number of aryl methyl sites for hydroxylation is 2. The van der Waals surface area contributed by atoms with Gasteiger partial charge in [0.1, 0.15) is 11.5 Å². The number of aromatic nitrogens is 1. The van der Waals surface area contributed by atoms with Gasteiger partial charge < -0.3 is 14.3 Å². The first-order valence-corrected chi connectivity index (χ1v) is 8.35. The number of ether oxygens (including phenoxy) is 1. The molecule has 0 amide bonds. The Labute approximate surface area is 144 Å². The number of aliphatic hydroxyl groups excluding tert-OH is 1. The zero-order valence-corrected chi connectivity index (χ0v) is 15.2. The maximum absolute atomic E-state index is 9.85. The summed E-state index contributed by atoms with van der Waals surface area (Å²) >= 11 is 0. The Hall–Kier alpha value is -1.85. The average Bonchev–Trinajstić information content (AvgIpc) is 2.86. The van der Waals surface area contributed by atoms with Crippen LogP contribution >= 0.6 is 0 Å². The van der Waals surface area contributed by atoms with Gasteiger partial charge in [0.05, 0.1) is 26.0 Å². The van der Waals surface area contributed by atoms with Gasteiger partial charge in [-0.3, -0.25) is 4.90 Å². The second-order valence-corrected chi connectivity index (χ2v) is 6.50. The molecule has 0 saturated heterocycles. The maximum Gasteiger partial charge on any atom is 0.208 e. The number of benzene rings is 1. The van der Waals surface area contributed by atoms with Gasteiger partial charge in [-0.15, -0.1) is 0 Å². The molecule has 1 aromatic carbocycles. The van der Waals surface area contributed by atoms with Gasteiger partial charge in [-0.25, -0.2) is 4.98 Å². The van der Waals surface area contributed by atoms with Crippen LogP contribution in [0, 0.1) is 19.8 Å². The van der Waals surface area contributed by atoms with Crippen LogP contribution in [-0.2, 0) is 13.1 Å². The molecule has 0 saturated carbocycles. The molecule has 2 rings (SSSR count). The first kappa shape index (κ1) is 18.5. The summed E-state index contributed by atoms with van der Waals surface area (Å²) in [6, 6.07) is 8.05. The third kappa shape index (κ3) is 4.58. The van der Waals surface area contributed by atoms with Crippen molar-refractivity contribution in [1.29, 1.82) is 0 Å². The van der Waals surface area contributed by atoms with Crippen LogP contribution in [0.3, 0.4) is 0 Å². The first-order chi connectivity index (χ1) is 11.4. The molecule has 0 aliphatic rings. The molecule has 1 aromatic heterocycles. The van der Waals surface area contributed by atoms with Crippen LogP contribution in [0.2, 0.25) is 0 Å². The summed E-state index contributed by atoms with van der Waals surface area (Å²) in [6.45, 7) is 9.50. The van der Waals surface area contributed by atoms with E-state index in [9.17, 15) is 5.11 Å². The zero-order valence-electron chi connectivity index (χ0n) is 15.2. The summed E-state index contributed by atoms with van der Waals surface area (Å²) in [6.07, 6.45) is 0. The van der Waals surface area contributed by atoms with E-state index in [2.05, 4.69) is 23.7 Å². The van der Waals surface area contributed by atoms with E-state index in [1.807, 2.05) is 38.1 Å². The third-order valence-electron chi connectivity index (χ3n) is 4.38. The van der Waals surface area contributed by atoms with Crippen molar-refractivity contribution in [3.8, 4) is 5.75 Å². The molecule has 5 nitrogen and oxygen atoms in total. The largest absolute Gasteiger partial charge is 0.497 e. The van der Waals surface area contributed by atoms with Gasteiger partial charge in [-0.1, -0.05) is 26.0 Å². The van der Waals surface area contributed by atoms with E-state index in [0.29, 0.717) is 24.9 Å². The van der Waals surface area contributed by atoms with E-state index >= 15 is 0 Å². The van der Waals surface area contributed by atoms with Crippen molar-refractivity contribution in [3.63, 3.8) is 0 Å². The fourth-order valence-electron chi connectivity index (χ4n) is 2.78. The Morgan fingerprint density at radius 3 is 2.29 bits per heavy atom. The lowest BCUT2D eigenvalue weighted by atomic mass is 10.0. The molecule has 0 bridgehead atoms. The van der Waals surface area contributed by atoms with Crippen LogP contribution < -0.4 is 4.74 Å². The molecule has 1 heterocycles.